The van der Waals surface area contributed by atoms with Crippen molar-refractivity contribution in [3.63, 3.8) is 0 Å². The van der Waals surface area contributed by atoms with Gasteiger partial charge in [0, 0.05) is 11.4 Å². The molecule has 1 unspecified atom stereocenters. The molecule has 6 rings (SSSR count). The van der Waals surface area contributed by atoms with Crippen molar-refractivity contribution in [1.82, 2.24) is 4.90 Å². The normalized spacial score (nSPS) is 29.0. The Balaban J connectivity index is 1.50. The standard InChI is InChI=1S/C30H42N2/c1-22-12-6-11-19-27(22)31-23(2)28-20-21-30(25-15-7-8-16-25,26-17-9-10-18-26)32(28)29(31)24-13-4-3-5-14-24/h6,11-12,19-21,24-26,29H,3-5,7-10,13-18H2,1-2H3. The van der Waals surface area contributed by atoms with Gasteiger partial charge in [-0.05, 0) is 87.8 Å². The van der Waals surface area contributed by atoms with Crippen molar-refractivity contribution in [3.8, 4) is 0 Å². The first-order chi connectivity index (χ1) is 15.7. The highest BCUT2D eigenvalue weighted by Gasteiger charge is 2.58. The zero-order valence-electron chi connectivity index (χ0n) is 20.4. The van der Waals surface area contributed by atoms with E-state index in [1.165, 1.54) is 100 Å². The van der Waals surface area contributed by atoms with Gasteiger partial charge in [0.2, 0.25) is 0 Å². The van der Waals surface area contributed by atoms with Crippen molar-refractivity contribution in [2.75, 3.05) is 4.90 Å². The predicted molar refractivity (Wildman–Crippen MR) is 134 cm³/mol. The Kier molecular flexibility index (Phi) is 5.39. The SMILES string of the molecule is CC1=C2C=CC(C3CCCC3)(C3CCCC3)N2C(C2CCCCC2)N1c1ccccc1C. The molecule has 0 aromatic heterocycles. The lowest BCUT2D eigenvalue weighted by atomic mass is 9.70. The van der Waals surface area contributed by atoms with Gasteiger partial charge in [-0.25, -0.2) is 0 Å². The zero-order valence-corrected chi connectivity index (χ0v) is 20.4. The maximum atomic E-state index is 3.05. The largest absolute Gasteiger partial charge is 0.339 e. The van der Waals surface area contributed by atoms with E-state index >= 15 is 0 Å². The van der Waals surface area contributed by atoms with Crippen LogP contribution in [0.15, 0.2) is 47.8 Å². The molecule has 0 N–H and O–H groups in total. The first-order valence-corrected chi connectivity index (χ1v) is 13.8. The van der Waals surface area contributed by atoms with Crippen LogP contribution in [0.4, 0.5) is 5.69 Å². The zero-order chi connectivity index (χ0) is 21.7. The summed E-state index contributed by atoms with van der Waals surface area (Å²) in [6.07, 6.45) is 24.4. The van der Waals surface area contributed by atoms with Gasteiger partial charge in [-0.15, -0.1) is 0 Å². The summed E-state index contributed by atoms with van der Waals surface area (Å²) in [4.78, 5) is 5.85. The topological polar surface area (TPSA) is 6.48 Å². The van der Waals surface area contributed by atoms with Gasteiger partial charge in [-0.2, -0.15) is 0 Å². The van der Waals surface area contributed by atoms with Crippen molar-refractivity contribution >= 4 is 5.69 Å². The fourth-order valence-electron chi connectivity index (χ4n) is 8.47. The number of anilines is 1. The fraction of sp³-hybridized carbons (Fsp3) is 0.667. The van der Waals surface area contributed by atoms with Crippen molar-refractivity contribution in [2.45, 2.75) is 109 Å². The van der Waals surface area contributed by atoms with Gasteiger partial charge in [0.25, 0.3) is 0 Å². The summed E-state index contributed by atoms with van der Waals surface area (Å²) in [6.45, 7) is 4.73. The third-order valence-electron chi connectivity index (χ3n) is 9.91. The first kappa shape index (κ1) is 20.9. The number of hydrogen-bond acceptors (Lipinski definition) is 2. The highest BCUT2D eigenvalue weighted by Crippen LogP contribution is 2.58. The summed E-state index contributed by atoms with van der Waals surface area (Å²) < 4.78 is 0. The van der Waals surface area contributed by atoms with E-state index in [9.17, 15) is 0 Å². The molecule has 2 aliphatic heterocycles. The second-order valence-corrected chi connectivity index (χ2v) is 11.5. The maximum Gasteiger partial charge on any atom is 0.110 e. The van der Waals surface area contributed by atoms with E-state index in [4.69, 9.17) is 0 Å². The van der Waals surface area contributed by atoms with E-state index in [-0.39, 0.29) is 5.54 Å². The Morgan fingerprint density at radius 2 is 1.34 bits per heavy atom. The molecule has 1 aromatic rings. The number of aryl methyl sites for hydroxylation is 1. The van der Waals surface area contributed by atoms with E-state index in [1.54, 1.807) is 5.70 Å². The molecule has 0 radical (unpaired) electrons. The number of nitrogens with zero attached hydrogens (tertiary/aromatic N) is 2. The lowest BCUT2D eigenvalue weighted by molar-refractivity contribution is 0.0161. The lowest BCUT2D eigenvalue weighted by Gasteiger charge is -2.53. The molecule has 3 aliphatic carbocycles. The molecule has 1 atom stereocenters. The highest BCUT2D eigenvalue weighted by atomic mass is 15.5. The molecule has 0 spiro atoms. The minimum atomic E-state index is 0.267. The predicted octanol–water partition coefficient (Wildman–Crippen LogP) is 7.94. The van der Waals surface area contributed by atoms with Gasteiger partial charge in [-0.1, -0.05) is 69.2 Å². The van der Waals surface area contributed by atoms with Crippen LogP contribution in [-0.2, 0) is 0 Å². The van der Waals surface area contributed by atoms with Gasteiger partial charge in [0.1, 0.15) is 6.17 Å². The van der Waals surface area contributed by atoms with Crippen LogP contribution in [0.25, 0.3) is 0 Å². The van der Waals surface area contributed by atoms with E-state index in [1.807, 2.05) is 0 Å². The van der Waals surface area contributed by atoms with Crippen LogP contribution in [0, 0.1) is 24.7 Å². The Morgan fingerprint density at radius 1 is 0.750 bits per heavy atom. The lowest BCUT2D eigenvalue weighted by Crippen LogP contribution is -2.60. The van der Waals surface area contributed by atoms with Crippen LogP contribution in [0.3, 0.4) is 0 Å². The Labute approximate surface area is 195 Å². The smallest absolute Gasteiger partial charge is 0.110 e. The minimum Gasteiger partial charge on any atom is -0.339 e. The van der Waals surface area contributed by atoms with E-state index in [2.05, 4.69) is 60.1 Å². The van der Waals surface area contributed by atoms with Gasteiger partial charge in [0.15, 0.2) is 0 Å². The molecule has 0 saturated heterocycles. The number of rotatable bonds is 4. The molecule has 172 valence electrons. The summed E-state index contributed by atoms with van der Waals surface area (Å²) in [5, 5.41) is 0. The number of para-hydroxylation sites is 1. The van der Waals surface area contributed by atoms with Crippen LogP contribution in [0.1, 0.15) is 96.0 Å². The molecule has 0 bridgehead atoms. The number of benzene rings is 1. The van der Waals surface area contributed by atoms with Gasteiger partial charge < -0.3 is 9.80 Å². The summed E-state index contributed by atoms with van der Waals surface area (Å²) >= 11 is 0. The van der Waals surface area contributed by atoms with Crippen LogP contribution in [0.5, 0.6) is 0 Å². The van der Waals surface area contributed by atoms with Crippen molar-refractivity contribution in [3.05, 3.63) is 53.4 Å². The molecule has 2 nitrogen and oxygen atoms in total. The van der Waals surface area contributed by atoms with Crippen molar-refractivity contribution in [2.24, 2.45) is 17.8 Å². The molecular formula is C30H42N2. The molecule has 5 aliphatic rings. The average Bonchev–Trinajstić information content (AvgIpc) is 3.61. The van der Waals surface area contributed by atoms with Crippen molar-refractivity contribution in [1.29, 1.82) is 0 Å². The van der Waals surface area contributed by atoms with E-state index in [0.717, 1.165) is 17.8 Å². The molecule has 32 heavy (non-hydrogen) atoms. The second-order valence-electron chi connectivity index (χ2n) is 11.5. The second kappa shape index (κ2) is 8.26. The molecule has 0 amide bonds. The Hall–Kier alpha value is -1.70. The third kappa shape index (κ3) is 3.04. The Morgan fingerprint density at radius 3 is 1.97 bits per heavy atom. The number of fused-ring (bicyclic) bond motifs is 1. The summed E-state index contributed by atoms with van der Waals surface area (Å²) in [7, 11) is 0. The monoisotopic (exact) mass is 430 g/mol. The molecule has 2 heterocycles. The molecule has 3 fully saturated rings. The van der Waals surface area contributed by atoms with Gasteiger partial charge >= 0.3 is 0 Å². The fourth-order valence-corrected chi connectivity index (χ4v) is 8.47. The number of allylic oxidation sites excluding steroid dienone is 2. The maximum absolute atomic E-state index is 3.05. The van der Waals surface area contributed by atoms with Gasteiger partial charge in [0.05, 0.1) is 11.2 Å². The van der Waals surface area contributed by atoms with Crippen LogP contribution >= 0.6 is 0 Å². The molecular weight excluding hydrogens is 388 g/mol. The van der Waals surface area contributed by atoms with Crippen LogP contribution in [0.2, 0.25) is 0 Å². The highest BCUT2D eigenvalue weighted by molar-refractivity contribution is 5.63. The molecule has 2 heteroatoms. The molecule has 1 aromatic carbocycles. The summed E-state index contributed by atoms with van der Waals surface area (Å²) in [5.41, 5.74) is 6.20. The summed E-state index contributed by atoms with van der Waals surface area (Å²) in [5.74, 6) is 2.46. The first-order valence-electron chi connectivity index (χ1n) is 13.8. The molecule has 3 saturated carbocycles. The number of hydrogen-bond donors (Lipinski definition) is 0. The Bertz CT molecular complexity index is 877. The average molecular weight is 431 g/mol. The quantitative estimate of drug-likeness (QED) is 0.478. The van der Waals surface area contributed by atoms with Crippen LogP contribution in [-0.4, -0.2) is 16.6 Å². The van der Waals surface area contributed by atoms with E-state index < -0.39 is 0 Å². The summed E-state index contributed by atoms with van der Waals surface area (Å²) in [6, 6.07) is 9.15. The third-order valence-corrected chi connectivity index (χ3v) is 9.91. The van der Waals surface area contributed by atoms with Crippen molar-refractivity contribution < 1.29 is 0 Å². The minimum absolute atomic E-state index is 0.267. The van der Waals surface area contributed by atoms with Gasteiger partial charge in [-0.3, -0.25) is 0 Å². The van der Waals surface area contributed by atoms with E-state index in [0.29, 0.717) is 6.17 Å². The van der Waals surface area contributed by atoms with Crippen LogP contribution < -0.4 is 4.90 Å².